The number of carbonyl (C=O) groups excluding carboxylic acids is 1. The lowest BCUT2D eigenvalue weighted by Gasteiger charge is -2.48. The summed E-state index contributed by atoms with van der Waals surface area (Å²) in [7, 11) is 0. The fourth-order valence-corrected chi connectivity index (χ4v) is 5.05. The van der Waals surface area contributed by atoms with E-state index in [0.29, 0.717) is 0 Å². The lowest BCUT2D eigenvalue weighted by Crippen LogP contribution is -2.68. The second-order valence-corrected chi connectivity index (χ2v) is 10.5. The molecular weight excluding hydrogens is 594 g/mol. The second-order valence-electron chi connectivity index (χ2n) is 10.5. The molecule has 13 N–H and O–H groups in total. The van der Waals surface area contributed by atoms with Gasteiger partial charge in [0.2, 0.25) is 5.91 Å². The first-order valence-corrected chi connectivity index (χ1v) is 13.2. The predicted molar refractivity (Wildman–Crippen MR) is 130 cm³/mol. The predicted octanol–water partition coefficient (Wildman–Crippen LogP) is -8.22. The molecule has 1 amide bonds. The summed E-state index contributed by atoms with van der Waals surface area (Å²) in [6.07, 6.45) is -27.0. The molecule has 3 saturated heterocycles. The monoisotopic (exact) mass is 633 g/mol. The number of carbonyl (C=O) groups is 2. The minimum Gasteiger partial charge on any atom is -0.477 e. The van der Waals surface area contributed by atoms with Crippen LogP contribution in [-0.2, 0) is 33.3 Å². The number of ether oxygens (including phenoxy) is 5. The zero-order chi connectivity index (χ0) is 32.4. The van der Waals surface area contributed by atoms with Crippen LogP contribution >= 0.6 is 0 Å². The van der Waals surface area contributed by atoms with Crippen molar-refractivity contribution in [1.29, 1.82) is 0 Å². The number of aliphatic carboxylic acids is 1. The van der Waals surface area contributed by atoms with Crippen LogP contribution in [0.1, 0.15) is 13.3 Å². The Bertz CT molecular complexity index is 942. The van der Waals surface area contributed by atoms with E-state index in [9.17, 15) is 70.9 Å². The number of carboxylic acids is 1. The number of aliphatic hydroxyl groups is 11. The summed E-state index contributed by atoms with van der Waals surface area (Å²) in [5, 5.41) is 123. The molecule has 3 aliphatic rings. The molecule has 0 aromatic carbocycles. The third-order valence-electron chi connectivity index (χ3n) is 7.47. The molecule has 0 spiro atoms. The maximum absolute atomic E-state index is 12.3. The number of carboxylic acid groups (broad SMARTS) is 1. The molecule has 0 aromatic rings. The van der Waals surface area contributed by atoms with Gasteiger partial charge in [-0.25, -0.2) is 4.79 Å². The van der Waals surface area contributed by atoms with Crippen LogP contribution in [0.2, 0.25) is 0 Å². The van der Waals surface area contributed by atoms with Crippen LogP contribution in [0.5, 0.6) is 0 Å². The maximum Gasteiger partial charge on any atom is 0.364 e. The van der Waals surface area contributed by atoms with Crippen LogP contribution in [0.15, 0.2) is 0 Å². The van der Waals surface area contributed by atoms with Crippen molar-refractivity contribution in [2.45, 2.75) is 111 Å². The van der Waals surface area contributed by atoms with Crippen molar-refractivity contribution in [1.82, 2.24) is 5.32 Å². The van der Waals surface area contributed by atoms with E-state index in [1.54, 1.807) is 0 Å². The molecule has 0 aliphatic carbocycles. The fourth-order valence-electron chi connectivity index (χ4n) is 5.05. The first kappa shape index (κ1) is 35.8. The molecule has 0 saturated carbocycles. The Kier molecular flexibility index (Phi) is 12.1. The molecule has 0 radical (unpaired) electrons. The topological polar surface area (TPSA) is 335 Å². The Morgan fingerprint density at radius 2 is 1.58 bits per heavy atom. The molecule has 0 bridgehead atoms. The van der Waals surface area contributed by atoms with E-state index in [1.165, 1.54) is 0 Å². The molecule has 0 unspecified atom stereocenters. The minimum absolute atomic E-state index is 0.719. The molecule has 3 heterocycles. The van der Waals surface area contributed by atoms with E-state index in [2.05, 4.69) is 5.32 Å². The summed E-state index contributed by atoms with van der Waals surface area (Å²) in [6, 6.07) is -1.48. The Morgan fingerprint density at radius 3 is 2.14 bits per heavy atom. The number of amides is 1. The number of nitrogens with one attached hydrogen (secondary N) is 1. The SMILES string of the molecule is CC(=O)N[C@H]1[C@H]([C@H](O)[C@H](O)CO)O[C@@](OC[C@H]2O[C@@H](O[C@H]3[C@H](O)[C@@H](O)[C@@H](O)O[C@@H]3CO)[C@H](O)[C@@H](O)[C@H]2O)(C(=O)O)C[C@@H]1O. The third-order valence-corrected chi connectivity index (χ3v) is 7.47. The number of rotatable bonds is 11. The van der Waals surface area contributed by atoms with Gasteiger partial charge in [-0.15, -0.1) is 0 Å². The highest BCUT2D eigenvalue weighted by atomic mass is 16.8. The Balaban J connectivity index is 1.82. The molecule has 0 aromatic heterocycles. The summed E-state index contributed by atoms with van der Waals surface area (Å²) >= 11 is 0. The van der Waals surface area contributed by atoms with Gasteiger partial charge in [-0.2, -0.15) is 0 Å². The van der Waals surface area contributed by atoms with Crippen molar-refractivity contribution < 1.29 is 94.6 Å². The Labute approximate surface area is 243 Å². The second kappa shape index (κ2) is 14.6. The summed E-state index contributed by atoms with van der Waals surface area (Å²) in [4.78, 5) is 24.0. The van der Waals surface area contributed by atoms with Crippen LogP contribution < -0.4 is 5.32 Å². The highest BCUT2D eigenvalue weighted by molar-refractivity contribution is 5.76. The smallest absolute Gasteiger partial charge is 0.364 e. The van der Waals surface area contributed by atoms with Gasteiger partial charge in [0.1, 0.15) is 67.1 Å². The van der Waals surface area contributed by atoms with Crippen LogP contribution in [0.25, 0.3) is 0 Å². The summed E-state index contributed by atoms with van der Waals surface area (Å²) < 4.78 is 26.7. The van der Waals surface area contributed by atoms with Gasteiger partial charge in [-0.1, -0.05) is 0 Å². The average Bonchev–Trinajstić information content (AvgIpc) is 2.96. The van der Waals surface area contributed by atoms with Crippen molar-refractivity contribution in [3.63, 3.8) is 0 Å². The van der Waals surface area contributed by atoms with Gasteiger partial charge in [0, 0.05) is 13.3 Å². The van der Waals surface area contributed by atoms with Crippen molar-refractivity contribution in [3.8, 4) is 0 Å². The third kappa shape index (κ3) is 7.58. The highest BCUT2D eigenvalue weighted by Crippen LogP contribution is 2.35. The molecule has 20 nitrogen and oxygen atoms in total. The normalized spacial score (nSPS) is 45.3. The average molecular weight is 634 g/mol. The summed E-state index contributed by atoms with van der Waals surface area (Å²) in [5.74, 6) is -5.42. The van der Waals surface area contributed by atoms with Crippen molar-refractivity contribution >= 4 is 11.9 Å². The molecule has 16 atom stereocenters. The molecule has 3 rings (SSSR count). The van der Waals surface area contributed by atoms with E-state index in [-0.39, 0.29) is 0 Å². The molecule has 250 valence electrons. The number of hydrogen-bond donors (Lipinski definition) is 13. The fraction of sp³-hybridized carbons (Fsp3) is 0.913. The van der Waals surface area contributed by atoms with E-state index >= 15 is 0 Å². The van der Waals surface area contributed by atoms with Crippen molar-refractivity contribution in [2.75, 3.05) is 19.8 Å². The van der Waals surface area contributed by atoms with Gasteiger partial charge in [-0.05, 0) is 0 Å². The molecule has 20 heteroatoms. The standard InChI is InChI=1S/C23H39NO19/c1-6(27)24-11-7(28)2-23(22(37)38,43-19(11)12(30)8(29)3-25)39-5-10-13(31)14(32)17(35)21(41-10)42-18-9(4-26)40-20(36)16(34)15(18)33/h7-21,25-26,28-36H,2-5H2,1H3,(H,24,27)(H,37,38)/t7-,8+,9+,10+,11+,12+,13-,14-,15+,16+,17+,18+,19+,20-,21-,23+/m0/s1. The van der Waals surface area contributed by atoms with Crippen LogP contribution in [0.3, 0.4) is 0 Å². The molecule has 3 aliphatic heterocycles. The van der Waals surface area contributed by atoms with Gasteiger partial charge in [-0.3, -0.25) is 4.79 Å². The van der Waals surface area contributed by atoms with E-state index in [4.69, 9.17) is 23.7 Å². The summed E-state index contributed by atoms with van der Waals surface area (Å²) in [5.41, 5.74) is 0. The van der Waals surface area contributed by atoms with Gasteiger partial charge >= 0.3 is 5.97 Å². The zero-order valence-electron chi connectivity index (χ0n) is 22.7. The van der Waals surface area contributed by atoms with Gasteiger partial charge in [0.25, 0.3) is 5.79 Å². The lowest BCUT2D eigenvalue weighted by atomic mass is 9.88. The van der Waals surface area contributed by atoms with Crippen LogP contribution in [0, 0.1) is 0 Å². The Hall–Kier alpha value is -1.70. The quantitative estimate of drug-likeness (QED) is 0.100. The Morgan fingerprint density at radius 1 is 0.930 bits per heavy atom. The van der Waals surface area contributed by atoms with Gasteiger partial charge in [0.15, 0.2) is 12.6 Å². The number of hydrogen-bond acceptors (Lipinski definition) is 18. The molecule has 43 heavy (non-hydrogen) atoms. The van der Waals surface area contributed by atoms with Gasteiger partial charge in [0.05, 0.1) is 32.0 Å². The van der Waals surface area contributed by atoms with Crippen molar-refractivity contribution in [2.24, 2.45) is 0 Å². The highest BCUT2D eigenvalue weighted by Gasteiger charge is 2.57. The van der Waals surface area contributed by atoms with Crippen LogP contribution in [0.4, 0.5) is 0 Å². The largest absolute Gasteiger partial charge is 0.477 e. The number of aliphatic hydroxyl groups excluding tert-OH is 11. The summed E-state index contributed by atoms with van der Waals surface area (Å²) in [6.45, 7) is -1.76. The lowest BCUT2D eigenvalue weighted by molar-refractivity contribution is -0.364. The van der Waals surface area contributed by atoms with E-state index in [0.717, 1.165) is 6.92 Å². The first-order valence-electron chi connectivity index (χ1n) is 13.2. The maximum atomic E-state index is 12.3. The van der Waals surface area contributed by atoms with E-state index < -0.39 is 136 Å². The molecule has 3 fully saturated rings. The first-order chi connectivity index (χ1) is 20.1. The molecular formula is C23H39NO19. The van der Waals surface area contributed by atoms with Gasteiger partial charge < -0.3 is 90.3 Å². The van der Waals surface area contributed by atoms with Crippen LogP contribution in [-0.4, -0.2) is 191 Å². The van der Waals surface area contributed by atoms with E-state index in [1.807, 2.05) is 0 Å². The minimum atomic E-state index is -2.83. The zero-order valence-corrected chi connectivity index (χ0v) is 22.7. The van der Waals surface area contributed by atoms with Crippen molar-refractivity contribution in [3.05, 3.63) is 0 Å².